The van der Waals surface area contributed by atoms with Gasteiger partial charge in [0.25, 0.3) is 15.6 Å². The molecular formula is C10H8FN3O4S. The molecule has 0 atom stereocenters. The molecule has 3 N–H and O–H groups in total. The van der Waals surface area contributed by atoms with Gasteiger partial charge in [-0.15, -0.1) is 0 Å². The summed E-state index contributed by atoms with van der Waals surface area (Å²) >= 11 is 0. The van der Waals surface area contributed by atoms with Crippen molar-refractivity contribution in [1.29, 1.82) is 0 Å². The fraction of sp³-hybridized carbons (Fsp3) is 0. The second kappa shape index (κ2) is 4.69. The van der Waals surface area contributed by atoms with Crippen LogP contribution in [0.15, 0.2) is 44.9 Å². The van der Waals surface area contributed by atoms with Crippen molar-refractivity contribution >= 4 is 15.7 Å². The van der Waals surface area contributed by atoms with E-state index in [0.717, 1.165) is 18.3 Å². The molecular weight excluding hydrogens is 277 g/mol. The van der Waals surface area contributed by atoms with Gasteiger partial charge in [-0.3, -0.25) is 14.5 Å². The van der Waals surface area contributed by atoms with E-state index in [4.69, 9.17) is 0 Å². The number of aromatic amines is 2. The Morgan fingerprint density at radius 3 is 2.32 bits per heavy atom. The summed E-state index contributed by atoms with van der Waals surface area (Å²) in [5.41, 5.74) is -1.77. The van der Waals surface area contributed by atoms with Crippen molar-refractivity contribution in [3.63, 3.8) is 0 Å². The van der Waals surface area contributed by atoms with Crippen molar-refractivity contribution in [2.75, 3.05) is 4.72 Å². The zero-order valence-corrected chi connectivity index (χ0v) is 10.1. The summed E-state index contributed by atoms with van der Waals surface area (Å²) < 4.78 is 38.5. The van der Waals surface area contributed by atoms with Crippen molar-refractivity contribution < 1.29 is 12.8 Å². The van der Waals surface area contributed by atoms with Crippen molar-refractivity contribution in [1.82, 2.24) is 9.97 Å². The molecule has 1 aromatic heterocycles. The molecule has 0 saturated carbocycles. The Labute approximate surface area is 106 Å². The van der Waals surface area contributed by atoms with Gasteiger partial charge in [-0.1, -0.05) is 0 Å². The van der Waals surface area contributed by atoms with Gasteiger partial charge < -0.3 is 4.98 Å². The van der Waals surface area contributed by atoms with Crippen LogP contribution in [0, 0.1) is 5.82 Å². The van der Waals surface area contributed by atoms with Crippen LogP contribution in [0.2, 0.25) is 0 Å². The number of halogens is 1. The van der Waals surface area contributed by atoms with Crippen LogP contribution in [0.4, 0.5) is 10.1 Å². The number of anilines is 1. The number of benzene rings is 1. The molecule has 1 heterocycles. The second-order valence-electron chi connectivity index (χ2n) is 3.55. The van der Waals surface area contributed by atoms with Crippen molar-refractivity contribution in [2.45, 2.75) is 4.90 Å². The molecule has 0 radical (unpaired) electrons. The molecule has 2 aromatic rings. The lowest BCUT2D eigenvalue weighted by Crippen LogP contribution is -2.29. The maximum absolute atomic E-state index is 12.7. The predicted molar refractivity (Wildman–Crippen MR) is 64.9 cm³/mol. The molecule has 0 fully saturated rings. The third kappa shape index (κ3) is 2.88. The minimum atomic E-state index is -4.16. The molecule has 0 unspecified atom stereocenters. The summed E-state index contributed by atoms with van der Waals surface area (Å²) in [6.07, 6.45) is 0.785. The normalized spacial score (nSPS) is 11.2. The number of H-pyrrole nitrogens is 2. The maximum Gasteiger partial charge on any atom is 0.325 e. The topological polar surface area (TPSA) is 112 Å². The highest BCUT2D eigenvalue weighted by atomic mass is 32.2. The highest BCUT2D eigenvalue weighted by molar-refractivity contribution is 7.92. The van der Waals surface area contributed by atoms with Crippen molar-refractivity contribution in [2.24, 2.45) is 0 Å². The maximum atomic E-state index is 12.7. The highest BCUT2D eigenvalue weighted by Crippen LogP contribution is 2.12. The van der Waals surface area contributed by atoms with Gasteiger partial charge in [0, 0.05) is 11.9 Å². The Morgan fingerprint density at radius 1 is 1.11 bits per heavy atom. The quantitative estimate of drug-likeness (QED) is 0.737. The Bertz CT molecular complexity index is 808. The number of sulfonamides is 1. The van der Waals surface area contributed by atoms with Gasteiger partial charge in [0.1, 0.15) is 5.82 Å². The van der Waals surface area contributed by atoms with Crippen molar-refractivity contribution in [3.8, 4) is 0 Å². The molecule has 0 aliphatic heterocycles. The molecule has 9 heteroatoms. The van der Waals surface area contributed by atoms with Crippen LogP contribution in [-0.2, 0) is 10.0 Å². The van der Waals surface area contributed by atoms with E-state index in [1.807, 2.05) is 0 Å². The molecule has 0 amide bonds. The smallest absolute Gasteiger partial charge is 0.313 e. The first-order valence-electron chi connectivity index (χ1n) is 4.99. The molecule has 100 valence electrons. The lowest BCUT2D eigenvalue weighted by Gasteiger charge is -2.06. The SMILES string of the molecule is O=c1[nH]cc(S(=O)(=O)Nc2ccc(F)cc2)c(=O)[nH]1. The number of aromatic nitrogens is 2. The monoisotopic (exact) mass is 285 g/mol. The van der Waals surface area contributed by atoms with E-state index in [1.54, 1.807) is 4.98 Å². The number of nitrogens with one attached hydrogen (secondary N) is 3. The molecule has 0 spiro atoms. The van der Waals surface area contributed by atoms with Crippen LogP contribution in [0.5, 0.6) is 0 Å². The average Bonchev–Trinajstić information content (AvgIpc) is 2.31. The molecule has 0 saturated heterocycles. The van der Waals surface area contributed by atoms with E-state index in [1.165, 1.54) is 12.1 Å². The van der Waals surface area contributed by atoms with E-state index in [0.29, 0.717) is 0 Å². The van der Waals surface area contributed by atoms with Crippen LogP contribution < -0.4 is 16.0 Å². The molecule has 0 aliphatic carbocycles. The van der Waals surface area contributed by atoms with E-state index in [-0.39, 0.29) is 5.69 Å². The van der Waals surface area contributed by atoms with Gasteiger partial charge in [-0.25, -0.2) is 17.6 Å². The van der Waals surface area contributed by atoms with Gasteiger partial charge in [-0.05, 0) is 24.3 Å². The summed E-state index contributed by atoms with van der Waals surface area (Å²) in [5, 5.41) is 0. The number of hydrogen-bond donors (Lipinski definition) is 3. The van der Waals surface area contributed by atoms with Gasteiger partial charge in [0.15, 0.2) is 4.90 Å². The Hall–Kier alpha value is -2.42. The molecule has 19 heavy (non-hydrogen) atoms. The van der Waals surface area contributed by atoms with E-state index >= 15 is 0 Å². The van der Waals surface area contributed by atoms with Gasteiger partial charge >= 0.3 is 5.69 Å². The predicted octanol–water partition coefficient (Wildman–Crippen LogP) is 0.00310. The molecule has 0 bridgehead atoms. The second-order valence-corrected chi connectivity index (χ2v) is 5.20. The lowest BCUT2D eigenvalue weighted by molar-refractivity contribution is 0.598. The van der Waals surface area contributed by atoms with Gasteiger partial charge in [0.05, 0.1) is 0 Å². The third-order valence-electron chi connectivity index (χ3n) is 2.17. The summed E-state index contributed by atoms with van der Waals surface area (Å²) in [6, 6.07) is 4.53. The standard InChI is InChI=1S/C10H8FN3O4S/c11-6-1-3-7(4-2-6)14-19(17,18)8-5-12-10(16)13-9(8)15/h1-5,14H,(H2,12,13,15,16). The van der Waals surface area contributed by atoms with Crippen LogP contribution >= 0.6 is 0 Å². The average molecular weight is 285 g/mol. The van der Waals surface area contributed by atoms with Crippen LogP contribution in [-0.4, -0.2) is 18.4 Å². The highest BCUT2D eigenvalue weighted by Gasteiger charge is 2.18. The Kier molecular flexibility index (Phi) is 3.21. The fourth-order valence-electron chi connectivity index (χ4n) is 1.33. The summed E-state index contributed by atoms with van der Waals surface area (Å²) in [4.78, 5) is 25.4. The van der Waals surface area contributed by atoms with E-state index in [2.05, 4.69) is 9.71 Å². The fourth-order valence-corrected chi connectivity index (χ4v) is 2.39. The summed E-state index contributed by atoms with van der Waals surface area (Å²) in [7, 11) is -4.16. The first-order chi connectivity index (χ1) is 8.88. The zero-order chi connectivity index (χ0) is 14.0. The zero-order valence-electron chi connectivity index (χ0n) is 9.31. The minimum Gasteiger partial charge on any atom is -0.313 e. The third-order valence-corrected chi connectivity index (χ3v) is 3.56. The summed E-state index contributed by atoms with van der Waals surface area (Å²) in [6.45, 7) is 0. The van der Waals surface area contributed by atoms with Crippen LogP contribution in [0.25, 0.3) is 0 Å². The van der Waals surface area contributed by atoms with Crippen LogP contribution in [0.1, 0.15) is 0 Å². The molecule has 1 aromatic carbocycles. The van der Waals surface area contributed by atoms with Gasteiger partial charge in [0.2, 0.25) is 0 Å². The largest absolute Gasteiger partial charge is 0.325 e. The number of rotatable bonds is 3. The van der Waals surface area contributed by atoms with Gasteiger partial charge in [-0.2, -0.15) is 0 Å². The molecule has 2 rings (SSSR count). The summed E-state index contributed by atoms with van der Waals surface area (Å²) in [5.74, 6) is -0.523. The van der Waals surface area contributed by atoms with Crippen molar-refractivity contribution in [3.05, 3.63) is 57.1 Å². The molecule has 7 nitrogen and oxygen atoms in total. The first-order valence-corrected chi connectivity index (χ1v) is 6.47. The van der Waals surface area contributed by atoms with Crippen LogP contribution in [0.3, 0.4) is 0 Å². The minimum absolute atomic E-state index is 0.0898. The number of hydrogen-bond acceptors (Lipinski definition) is 4. The molecule has 0 aliphatic rings. The lowest BCUT2D eigenvalue weighted by atomic mass is 10.3. The first kappa shape index (κ1) is 13.0. The Morgan fingerprint density at radius 2 is 1.74 bits per heavy atom. The Balaban J connectivity index is 2.40. The van der Waals surface area contributed by atoms with E-state index in [9.17, 15) is 22.4 Å². The van der Waals surface area contributed by atoms with E-state index < -0.39 is 32.0 Å².